The van der Waals surface area contributed by atoms with E-state index >= 15 is 0 Å². The molecule has 5 heteroatoms. The van der Waals surface area contributed by atoms with Crippen LogP contribution in [-0.4, -0.2) is 16.7 Å². The van der Waals surface area contributed by atoms with Crippen molar-refractivity contribution in [1.82, 2.24) is 10.3 Å². The van der Waals surface area contributed by atoms with E-state index in [1.807, 2.05) is 20.8 Å². The molecule has 1 rings (SSSR count). The van der Waals surface area contributed by atoms with Gasteiger partial charge in [0.2, 0.25) is 5.91 Å². The number of hydrogen-bond acceptors (Lipinski definition) is 4. The first-order chi connectivity index (χ1) is 7.40. The van der Waals surface area contributed by atoms with Crippen LogP contribution < -0.4 is 5.32 Å². The summed E-state index contributed by atoms with van der Waals surface area (Å²) in [5.74, 6) is -0.354. The number of rotatable bonds is 4. The van der Waals surface area contributed by atoms with Gasteiger partial charge in [-0.3, -0.25) is 9.59 Å². The molecule has 0 radical (unpaired) electrons. The van der Waals surface area contributed by atoms with Gasteiger partial charge in [0.1, 0.15) is 5.78 Å². The standard InChI is InChI=1S/C11H16N2O2S/c1-6(14)5-10(15)13-8(3)11-7(2)12-9(4)16-11/h8H,5H2,1-4H3,(H,13,15). The van der Waals surface area contributed by atoms with Crippen LogP contribution >= 0.6 is 11.3 Å². The summed E-state index contributed by atoms with van der Waals surface area (Å²) >= 11 is 1.57. The number of ketones is 1. The Morgan fingerprint density at radius 1 is 1.44 bits per heavy atom. The van der Waals surface area contributed by atoms with E-state index < -0.39 is 0 Å². The summed E-state index contributed by atoms with van der Waals surface area (Å²) in [5.41, 5.74) is 0.943. The van der Waals surface area contributed by atoms with Crippen molar-refractivity contribution < 1.29 is 9.59 Å². The molecule has 1 aromatic heterocycles. The molecule has 0 saturated heterocycles. The van der Waals surface area contributed by atoms with Gasteiger partial charge in [0, 0.05) is 4.88 Å². The lowest BCUT2D eigenvalue weighted by Crippen LogP contribution is -2.27. The topological polar surface area (TPSA) is 59.1 Å². The monoisotopic (exact) mass is 240 g/mol. The molecule has 1 aromatic rings. The fourth-order valence-corrected chi connectivity index (χ4v) is 2.46. The lowest BCUT2D eigenvalue weighted by Gasteiger charge is -2.12. The molecule has 0 bridgehead atoms. The summed E-state index contributed by atoms with van der Waals surface area (Å²) in [6.45, 7) is 7.17. The van der Waals surface area contributed by atoms with Crippen LogP contribution in [0.5, 0.6) is 0 Å². The second-order valence-electron chi connectivity index (χ2n) is 3.85. The predicted octanol–water partition coefficient (Wildman–Crippen LogP) is 1.92. The Hall–Kier alpha value is -1.23. The number of amides is 1. The lowest BCUT2D eigenvalue weighted by atomic mass is 10.2. The number of Topliss-reactive ketones (excluding diaryl/α,β-unsaturated/α-hetero) is 1. The van der Waals surface area contributed by atoms with Crippen LogP contribution in [0.2, 0.25) is 0 Å². The first-order valence-corrected chi connectivity index (χ1v) is 5.94. The molecule has 0 spiro atoms. The van der Waals surface area contributed by atoms with E-state index in [1.54, 1.807) is 11.3 Å². The van der Waals surface area contributed by atoms with Crippen LogP contribution in [-0.2, 0) is 9.59 Å². The fraction of sp³-hybridized carbons (Fsp3) is 0.545. The highest BCUT2D eigenvalue weighted by atomic mass is 32.1. The van der Waals surface area contributed by atoms with Gasteiger partial charge in [0.25, 0.3) is 0 Å². The van der Waals surface area contributed by atoms with Crippen molar-refractivity contribution in [3.8, 4) is 0 Å². The third kappa shape index (κ3) is 3.41. The fourth-order valence-electron chi connectivity index (χ4n) is 1.53. The molecule has 0 aliphatic heterocycles. The maximum Gasteiger partial charge on any atom is 0.227 e. The molecule has 1 unspecified atom stereocenters. The summed E-state index contributed by atoms with van der Waals surface area (Å²) in [4.78, 5) is 27.5. The van der Waals surface area contributed by atoms with E-state index in [2.05, 4.69) is 10.3 Å². The zero-order valence-electron chi connectivity index (χ0n) is 9.96. The summed E-state index contributed by atoms with van der Waals surface area (Å²) in [7, 11) is 0. The SMILES string of the molecule is CC(=O)CC(=O)NC(C)c1sc(C)nc1C. The van der Waals surface area contributed by atoms with Crippen LogP contribution in [0.15, 0.2) is 0 Å². The van der Waals surface area contributed by atoms with Gasteiger partial charge in [0.05, 0.1) is 23.2 Å². The van der Waals surface area contributed by atoms with Gasteiger partial charge in [-0.25, -0.2) is 4.98 Å². The molecule has 0 aliphatic rings. The molecule has 0 fully saturated rings. The molecule has 1 heterocycles. The van der Waals surface area contributed by atoms with Gasteiger partial charge in [-0.05, 0) is 27.7 Å². The first kappa shape index (κ1) is 12.8. The van der Waals surface area contributed by atoms with Gasteiger partial charge >= 0.3 is 0 Å². The third-order valence-corrected chi connectivity index (χ3v) is 3.38. The summed E-state index contributed by atoms with van der Waals surface area (Å²) < 4.78 is 0. The Morgan fingerprint density at radius 2 is 2.06 bits per heavy atom. The van der Waals surface area contributed by atoms with E-state index in [9.17, 15) is 9.59 Å². The molecule has 0 aromatic carbocycles. The van der Waals surface area contributed by atoms with Crippen molar-refractivity contribution in [3.63, 3.8) is 0 Å². The molecule has 0 aliphatic carbocycles. The predicted molar refractivity (Wildman–Crippen MR) is 63.4 cm³/mol. The Balaban J connectivity index is 2.65. The van der Waals surface area contributed by atoms with E-state index in [-0.39, 0.29) is 24.2 Å². The zero-order chi connectivity index (χ0) is 12.3. The van der Waals surface area contributed by atoms with Gasteiger partial charge in [-0.15, -0.1) is 11.3 Å². The number of carbonyl (C=O) groups is 2. The lowest BCUT2D eigenvalue weighted by molar-refractivity contribution is -0.127. The number of nitrogens with one attached hydrogen (secondary N) is 1. The molecule has 88 valence electrons. The van der Waals surface area contributed by atoms with Crippen molar-refractivity contribution in [2.75, 3.05) is 0 Å². The van der Waals surface area contributed by atoms with E-state index in [4.69, 9.17) is 0 Å². The Morgan fingerprint density at radius 3 is 2.50 bits per heavy atom. The molecule has 4 nitrogen and oxygen atoms in total. The number of nitrogens with zero attached hydrogens (tertiary/aromatic N) is 1. The average molecular weight is 240 g/mol. The van der Waals surface area contributed by atoms with Crippen LogP contribution in [0, 0.1) is 13.8 Å². The van der Waals surface area contributed by atoms with E-state index in [0.717, 1.165) is 15.6 Å². The summed E-state index contributed by atoms with van der Waals surface area (Å²) in [6.07, 6.45) is -0.0544. The van der Waals surface area contributed by atoms with Crippen molar-refractivity contribution in [1.29, 1.82) is 0 Å². The van der Waals surface area contributed by atoms with Crippen LogP contribution in [0.4, 0.5) is 0 Å². The number of carbonyl (C=O) groups excluding carboxylic acids is 2. The second-order valence-corrected chi connectivity index (χ2v) is 5.09. The Kier molecular flexibility index (Phi) is 4.18. The maximum absolute atomic E-state index is 11.4. The minimum absolute atomic E-state index is 0.0544. The van der Waals surface area contributed by atoms with Crippen LogP contribution in [0.3, 0.4) is 0 Å². The summed E-state index contributed by atoms with van der Waals surface area (Å²) in [6, 6.07) is -0.0851. The second kappa shape index (κ2) is 5.21. The number of thiazole rings is 1. The molecular weight excluding hydrogens is 224 g/mol. The average Bonchev–Trinajstić information content (AvgIpc) is 2.43. The molecule has 1 N–H and O–H groups in total. The third-order valence-electron chi connectivity index (χ3n) is 2.12. The largest absolute Gasteiger partial charge is 0.348 e. The Bertz CT molecular complexity index is 412. The van der Waals surface area contributed by atoms with E-state index in [0.29, 0.717) is 0 Å². The first-order valence-electron chi connectivity index (χ1n) is 5.13. The van der Waals surface area contributed by atoms with Gasteiger partial charge in [0.15, 0.2) is 0 Å². The van der Waals surface area contributed by atoms with Crippen molar-refractivity contribution in [3.05, 3.63) is 15.6 Å². The molecule has 0 saturated carbocycles. The number of hydrogen-bond donors (Lipinski definition) is 1. The van der Waals surface area contributed by atoms with Crippen molar-refractivity contribution in [2.24, 2.45) is 0 Å². The van der Waals surface area contributed by atoms with Crippen molar-refractivity contribution >= 4 is 23.0 Å². The van der Waals surface area contributed by atoms with Gasteiger partial charge in [-0.2, -0.15) is 0 Å². The normalized spacial score (nSPS) is 12.2. The highest BCUT2D eigenvalue weighted by Gasteiger charge is 2.15. The van der Waals surface area contributed by atoms with Crippen LogP contribution in [0.1, 0.15) is 41.9 Å². The highest BCUT2D eigenvalue weighted by molar-refractivity contribution is 7.11. The number of aromatic nitrogens is 1. The smallest absolute Gasteiger partial charge is 0.227 e. The number of aryl methyl sites for hydroxylation is 2. The minimum atomic E-state index is -0.231. The molecular formula is C11H16N2O2S. The quantitative estimate of drug-likeness (QED) is 0.818. The zero-order valence-corrected chi connectivity index (χ0v) is 10.8. The summed E-state index contributed by atoms with van der Waals surface area (Å²) in [5, 5.41) is 3.78. The molecule has 1 amide bonds. The molecule has 16 heavy (non-hydrogen) atoms. The highest BCUT2D eigenvalue weighted by Crippen LogP contribution is 2.24. The van der Waals surface area contributed by atoms with Crippen LogP contribution in [0.25, 0.3) is 0 Å². The maximum atomic E-state index is 11.4. The van der Waals surface area contributed by atoms with E-state index in [1.165, 1.54) is 6.92 Å². The van der Waals surface area contributed by atoms with Crippen molar-refractivity contribution in [2.45, 2.75) is 40.2 Å². The minimum Gasteiger partial charge on any atom is -0.348 e. The van der Waals surface area contributed by atoms with Gasteiger partial charge < -0.3 is 5.32 Å². The van der Waals surface area contributed by atoms with Gasteiger partial charge in [-0.1, -0.05) is 0 Å². The molecule has 1 atom stereocenters. The Labute approximate surface area is 99.1 Å².